The molecule has 1 amide bonds. The molecule has 6 nitrogen and oxygen atoms in total. The number of benzene rings is 1. The quantitative estimate of drug-likeness (QED) is 0.728. The van der Waals surface area contributed by atoms with E-state index in [4.69, 9.17) is 21.1 Å². The summed E-state index contributed by atoms with van der Waals surface area (Å²) < 4.78 is 11.3. The number of carbonyl (C=O) groups is 1. The first-order valence-corrected chi connectivity index (χ1v) is 7.57. The fraction of sp³-hybridized carbons (Fsp3) is 0.0714. The molecule has 0 saturated carbocycles. The van der Waals surface area contributed by atoms with Crippen LogP contribution in [-0.2, 0) is 0 Å². The highest BCUT2D eigenvalue weighted by atomic mass is 35.5. The van der Waals surface area contributed by atoms with Crippen molar-refractivity contribution in [2.75, 3.05) is 12.1 Å². The van der Waals surface area contributed by atoms with Gasteiger partial charge in [-0.25, -0.2) is 9.97 Å². The highest BCUT2D eigenvalue weighted by molar-refractivity contribution is 7.17. The second kappa shape index (κ2) is 5.11. The zero-order valence-corrected chi connectivity index (χ0v) is 12.6. The molecule has 3 heterocycles. The molecule has 8 heteroatoms. The Labute approximate surface area is 133 Å². The van der Waals surface area contributed by atoms with Gasteiger partial charge < -0.3 is 14.8 Å². The highest BCUT2D eigenvalue weighted by Gasteiger charge is 2.17. The molecule has 0 fully saturated rings. The summed E-state index contributed by atoms with van der Waals surface area (Å²) in [5, 5.41) is 4.66. The second-order valence-corrected chi connectivity index (χ2v) is 5.77. The summed E-state index contributed by atoms with van der Waals surface area (Å²) in [5.74, 6) is 1.01. The molecule has 0 unspecified atom stereocenters. The van der Waals surface area contributed by atoms with E-state index in [1.807, 2.05) is 0 Å². The van der Waals surface area contributed by atoms with E-state index in [1.165, 1.54) is 11.3 Å². The summed E-state index contributed by atoms with van der Waals surface area (Å²) in [4.78, 5) is 20.4. The van der Waals surface area contributed by atoms with Crippen molar-refractivity contribution >= 4 is 44.7 Å². The molecule has 0 atom stereocenters. The van der Waals surface area contributed by atoms with E-state index in [2.05, 4.69) is 15.3 Å². The maximum Gasteiger partial charge on any atom is 0.258 e. The largest absolute Gasteiger partial charge is 0.454 e. The summed E-state index contributed by atoms with van der Waals surface area (Å²) in [6.45, 7) is 0.192. The number of amides is 1. The lowest BCUT2D eigenvalue weighted by Crippen LogP contribution is -2.11. The van der Waals surface area contributed by atoms with Gasteiger partial charge in [0.25, 0.3) is 5.91 Å². The third-order valence-corrected chi connectivity index (χ3v) is 4.25. The number of anilines is 1. The first-order chi connectivity index (χ1) is 10.7. The Bertz CT molecular complexity index is 896. The zero-order valence-electron chi connectivity index (χ0n) is 11.0. The van der Waals surface area contributed by atoms with E-state index in [0.717, 1.165) is 4.70 Å². The van der Waals surface area contributed by atoms with E-state index < -0.39 is 0 Å². The molecule has 0 radical (unpaired) electrons. The zero-order chi connectivity index (χ0) is 15.1. The predicted molar refractivity (Wildman–Crippen MR) is 82.9 cm³/mol. The molecular weight excluding hydrogens is 326 g/mol. The van der Waals surface area contributed by atoms with Crippen LogP contribution < -0.4 is 14.8 Å². The molecule has 1 N–H and O–H groups in total. The van der Waals surface area contributed by atoms with E-state index in [1.54, 1.807) is 29.8 Å². The number of halogens is 1. The third-order valence-electron chi connectivity index (χ3n) is 3.16. The van der Waals surface area contributed by atoms with Crippen molar-refractivity contribution in [2.24, 2.45) is 0 Å². The monoisotopic (exact) mass is 333 g/mol. The number of aromatic nitrogens is 2. The Morgan fingerprint density at radius 2 is 2.18 bits per heavy atom. The lowest BCUT2D eigenvalue weighted by Gasteiger charge is -2.05. The van der Waals surface area contributed by atoms with Crippen LogP contribution in [0.15, 0.2) is 29.8 Å². The minimum absolute atomic E-state index is 0.114. The lowest BCUT2D eigenvalue weighted by molar-refractivity contribution is 0.102. The fourth-order valence-electron chi connectivity index (χ4n) is 2.14. The molecule has 2 aromatic heterocycles. The first kappa shape index (κ1) is 13.3. The highest BCUT2D eigenvalue weighted by Crippen LogP contribution is 2.34. The number of fused-ring (bicyclic) bond motifs is 2. The number of hydrogen-bond acceptors (Lipinski definition) is 6. The first-order valence-electron chi connectivity index (χ1n) is 6.31. The molecule has 0 aliphatic carbocycles. The van der Waals surface area contributed by atoms with E-state index in [-0.39, 0.29) is 18.0 Å². The molecule has 22 heavy (non-hydrogen) atoms. The Balaban J connectivity index is 1.65. The molecule has 4 rings (SSSR count). The summed E-state index contributed by atoms with van der Waals surface area (Å²) in [6, 6.07) is 5.22. The summed E-state index contributed by atoms with van der Waals surface area (Å²) in [7, 11) is 0. The predicted octanol–water partition coefficient (Wildman–Crippen LogP) is 3.33. The number of nitrogens with zero attached hydrogens (tertiary/aromatic N) is 2. The molecule has 110 valence electrons. The van der Waals surface area contributed by atoms with Crippen LogP contribution in [0, 0.1) is 0 Å². The SMILES string of the molecule is O=C(Nc1ccc2c(c1)OCO2)c1csc2cnc(Cl)nc12. The molecule has 1 aliphatic heterocycles. The van der Waals surface area contributed by atoms with Gasteiger partial charge in [0.1, 0.15) is 0 Å². The van der Waals surface area contributed by atoms with Gasteiger partial charge in [0.05, 0.1) is 15.8 Å². The minimum atomic E-state index is -0.264. The number of thiophene rings is 1. The van der Waals surface area contributed by atoms with Crippen LogP contribution >= 0.6 is 22.9 Å². The van der Waals surface area contributed by atoms with Crippen LogP contribution in [0.25, 0.3) is 10.2 Å². The number of ether oxygens (including phenoxy) is 2. The Kier molecular flexibility index (Phi) is 3.09. The third kappa shape index (κ3) is 2.24. The second-order valence-electron chi connectivity index (χ2n) is 4.52. The van der Waals surface area contributed by atoms with Gasteiger partial charge in [-0.1, -0.05) is 0 Å². The van der Waals surface area contributed by atoms with Gasteiger partial charge >= 0.3 is 0 Å². The minimum Gasteiger partial charge on any atom is -0.454 e. The Morgan fingerprint density at radius 3 is 3.09 bits per heavy atom. The van der Waals surface area contributed by atoms with Gasteiger partial charge in [0.15, 0.2) is 11.5 Å². The summed E-state index contributed by atoms with van der Waals surface area (Å²) >= 11 is 7.19. The molecule has 0 spiro atoms. The number of carbonyl (C=O) groups excluding carboxylic acids is 1. The normalized spacial score (nSPS) is 12.6. The number of hydrogen-bond donors (Lipinski definition) is 1. The molecule has 0 bridgehead atoms. The van der Waals surface area contributed by atoms with Crippen molar-refractivity contribution in [3.05, 3.63) is 40.6 Å². The van der Waals surface area contributed by atoms with Crippen LogP contribution in [0.2, 0.25) is 5.28 Å². The van der Waals surface area contributed by atoms with Crippen LogP contribution in [0.5, 0.6) is 11.5 Å². The van der Waals surface area contributed by atoms with Crippen molar-refractivity contribution in [1.82, 2.24) is 9.97 Å². The van der Waals surface area contributed by atoms with Crippen molar-refractivity contribution in [3.8, 4) is 11.5 Å². The summed E-state index contributed by atoms with van der Waals surface area (Å²) in [6.07, 6.45) is 1.60. The average Bonchev–Trinajstić information content (AvgIpc) is 3.12. The standard InChI is InChI=1S/C14H8ClN3O3S/c15-14-16-4-11-12(18-14)8(5-22-11)13(19)17-7-1-2-9-10(3-7)21-6-20-9/h1-5H,6H2,(H,17,19). The molecule has 1 aromatic carbocycles. The molecule has 1 aliphatic rings. The Hall–Kier alpha value is -2.38. The molecule has 3 aromatic rings. The van der Waals surface area contributed by atoms with E-state index in [9.17, 15) is 4.79 Å². The fourth-order valence-corrected chi connectivity index (χ4v) is 3.12. The van der Waals surface area contributed by atoms with Gasteiger partial charge in [-0.05, 0) is 23.7 Å². The van der Waals surface area contributed by atoms with Crippen LogP contribution in [0.1, 0.15) is 10.4 Å². The van der Waals surface area contributed by atoms with Gasteiger partial charge in [-0.15, -0.1) is 11.3 Å². The lowest BCUT2D eigenvalue weighted by atomic mass is 10.2. The van der Waals surface area contributed by atoms with E-state index in [0.29, 0.717) is 28.3 Å². The van der Waals surface area contributed by atoms with Gasteiger partial charge in [0.2, 0.25) is 12.1 Å². The van der Waals surface area contributed by atoms with E-state index >= 15 is 0 Å². The van der Waals surface area contributed by atoms with Gasteiger partial charge in [-0.2, -0.15) is 0 Å². The van der Waals surface area contributed by atoms with Crippen molar-refractivity contribution in [1.29, 1.82) is 0 Å². The maximum absolute atomic E-state index is 12.4. The molecular formula is C14H8ClN3O3S. The molecule has 0 saturated heterocycles. The van der Waals surface area contributed by atoms with Gasteiger partial charge in [0, 0.05) is 23.3 Å². The van der Waals surface area contributed by atoms with Gasteiger partial charge in [-0.3, -0.25) is 4.79 Å². The van der Waals surface area contributed by atoms with Crippen LogP contribution in [-0.4, -0.2) is 22.7 Å². The Morgan fingerprint density at radius 1 is 1.32 bits per heavy atom. The smallest absolute Gasteiger partial charge is 0.258 e. The van der Waals surface area contributed by atoms with Crippen molar-refractivity contribution in [3.63, 3.8) is 0 Å². The van der Waals surface area contributed by atoms with Crippen LogP contribution in [0.4, 0.5) is 5.69 Å². The van der Waals surface area contributed by atoms with Crippen molar-refractivity contribution < 1.29 is 14.3 Å². The topological polar surface area (TPSA) is 73.3 Å². The maximum atomic E-state index is 12.4. The van der Waals surface area contributed by atoms with Crippen LogP contribution in [0.3, 0.4) is 0 Å². The van der Waals surface area contributed by atoms with Crippen molar-refractivity contribution in [2.45, 2.75) is 0 Å². The number of rotatable bonds is 2. The average molecular weight is 334 g/mol. The number of nitrogens with one attached hydrogen (secondary N) is 1. The summed E-state index contributed by atoms with van der Waals surface area (Å²) in [5.41, 5.74) is 1.62.